The molecule has 0 saturated heterocycles. The van der Waals surface area contributed by atoms with Crippen molar-refractivity contribution in [1.29, 1.82) is 0 Å². The number of fused-ring (bicyclic) bond motifs is 1. The van der Waals surface area contributed by atoms with Crippen molar-refractivity contribution < 1.29 is 14.3 Å². The van der Waals surface area contributed by atoms with Gasteiger partial charge in [-0.1, -0.05) is 30.3 Å². The topological polar surface area (TPSA) is 74.5 Å². The third kappa shape index (κ3) is 3.94. The summed E-state index contributed by atoms with van der Waals surface area (Å²) >= 11 is 0. The van der Waals surface area contributed by atoms with Crippen LogP contribution in [-0.2, 0) is 0 Å². The first kappa shape index (κ1) is 16.1. The molecule has 1 aromatic heterocycles. The predicted octanol–water partition coefficient (Wildman–Crippen LogP) is 4.07. The zero-order chi connectivity index (χ0) is 16.9. The maximum atomic E-state index is 12.1. The largest absolute Gasteiger partial charge is 0.467 e. The van der Waals surface area contributed by atoms with Crippen LogP contribution in [0.4, 0.5) is 10.5 Å². The number of anilines is 1. The van der Waals surface area contributed by atoms with Gasteiger partial charge >= 0.3 is 6.03 Å². The van der Waals surface area contributed by atoms with Gasteiger partial charge in [-0.2, -0.15) is 0 Å². The van der Waals surface area contributed by atoms with E-state index in [1.165, 1.54) is 6.26 Å². The van der Waals surface area contributed by atoms with Crippen LogP contribution in [0.15, 0.2) is 65.3 Å². The van der Waals surface area contributed by atoms with E-state index in [2.05, 4.69) is 10.6 Å². The van der Waals surface area contributed by atoms with Gasteiger partial charge in [0.25, 0.3) is 0 Å². The molecule has 0 fully saturated rings. The Balaban J connectivity index is 1.56. The van der Waals surface area contributed by atoms with Gasteiger partial charge in [0, 0.05) is 18.2 Å². The van der Waals surface area contributed by atoms with Crippen molar-refractivity contribution in [3.63, 3.8) is 0 Å². The summed E-state index contributed by atoms with van der Waals surface area (Å²) in [5, 5.41) is 17.9. The molecule has 1 heterocycles. The Morgan fingerprint density at radius 3 is 2.67 bits per heavy atom. The molecule has 124 valence electrons. The van der Waals surface area contributed by atoms with Crippen molar-refractivity contribution in [2.75, 3.05) is 5.32 Å². The summed E-state index contributed by atoms with van der Waals surface area (Å²) in [5.74, 6) is 0.499. The molecule has 0 saturated carbocycles. The highest BCUT2D eigenvalue weighted by molar-refractivity contribution is 5.93. The summed E-state index contributed by atoms with van der Waals surface area (Å²) in [6, 6.07) is 16.7. The van der Waals surface area contributed by atoms with Crippen molar-refractivity contribution in [2.45, 2.75) is 25.5 Å². The zero-order valence-corrected chi connectivity index (χ0v) is 13.4. The highest BCUT2D eigenvalue weighted by Gasteiger charge is 2.16. The fourth-order valence-electron chi connectivity index (χ4n) is 2.65. The summed E-state index contributed by atoms with van der Waals surface area (Å²) in [4.78, 5) is 12.1. The van der Waals surface area contributed by atoms with Crippen LogP contribution in [0.25, 0.3) is 10.8 Å². The van der Waals surface area contributed by atoms with Gasteiger partial charge in [0.2, 0.25) is 0 Å². The number of carbonyl (C=O) groups is 1. The zero-order valence-electron chi connectivity index (χ0n) is 13.4. The highest BCUT2D eigenvalue weighted by Crippen LogP contribution is 2.20. The second-order valence-electron chi connectivity index (χ2n) is 5.83. The number of aliphatic hydroxyl groups is 1. The number of hydrogen-bond donors (Lipinski definition) is 3. The Hall–Kier alpha value is -2.79. The van der Waals surface area contributed by atoms with Gasteiger partial charge in [0.05, 0.1) is 6.26 Å². The van der Waals surface area contributed by atoms with Crippen molar-refractivity contribution in [2.24, 2.45) is 0 Å². The molecule has 0 bridgehead atoms. The van der Waals surface area contributed by atoms with Crippen LogP contribution in [0, 0.1) is 0 Å². The molecule has 0 spiro atoms. The second kappa shape index (κ2) is 7.19. The van der Waals surface area contributed by atoms with Gasteiger partial charge in [0.1, 0.15) is 11.9 Å². The molecule has 3 rings (SSSR count). The minimum absolute atomic E-state index is 0.203. The maximum absolute atomic E-state index is 12.1. The lowest BCUT2D eigenvalue weighted by molar-refractivity contribution is 0.130. The fourth-order valence-corrected chi connectivity index (χ4v) is 2.65. The van der Waals surface area contributed by atoms with Gasteiger partial charge in [-0.3, -0.25) is 0 Å². The number of nitrogens with one attached hydrogen (secondary N) is 2. The van der Waals surface area contributed by atoms with Crippen LogP contribution >= 0.6 is 0 Å². The molecule has 0 radical (unpaired) electrons. The first-order valence-electron chi connectivity index (χ1n) is 7.89. The summed E-state index contributed by atoms with van der Waals surface area (Å²) in [6.07, 6.45) is 1.15. The Kier molecular flexibility index (Phi) is 4.82. The normalized spacial score (nSPS) is 13.4. The predicted molar refractivity (Wildman–Crippen MR) is 93.8 cm³/mol. The summed E-state index contributed by atoms with van der Waals surface area (Å²) in [5.41, 5.74) is 0.727. The highest BCUT2D eigenvalue weighted by atomic mass is 16.4. The minimum Gasteiger partial charge on any atom is -0.467 e. The number of rotatable bonds is 5. The van der Waals surface area contributed by atoms with E-state index in [1.54, 1.807) is 12.1 Å². The summed E-state index contributed by atoms with van der Waals surface area (Å²) in [7, 11) is 0. The fraction of sp³-hybridized carbons (Fsp3) is 0.211. The molecule has 3 N–H and O–H groups in total. The number of benzene rings is 2. The van der Waals surface area contributed by atoms with Gasteiger partial charge in [-0.05, 0) is 42.0 Å². The van der Waals surface area contributed by atoms with Crippen molar-refractivity contribution >= 4 is 22.5 Å². The average molecular weight is 324 g/mol. The first-order chi connectivity index (χ1) is 11.6. The SMILES string of the molecule is CC(CC(O)c1ccco1)NC(=O)Nc1ccc2ccccc2c1. The molecule has 0 aliphatic heterocycles. The third-order valence-corrected chi connectivity index (χ3v) is 3.83. The molecule has 2 unspecified atom stereocenters. The first-order valence-corrected chi connectivity index (χ1v) is 7.89. The monoisotopic (exact) mass is 324 g/mol. The number of furan rings is 1. The van der Waals surface area contributed by atoms with E-state index >= 15 is 0 Å². The second-order valence-corrected chi connectivity index (χ2v) is 5.83. The molecule has 0 aliphatic carbocycles. The summed E-state index contributed by atoms with van der Waals surface area (Å²) < 4.78 is 5.16. The van der Waals surface area contributed by atoms with E-state index in [1.807, 2.05) is 49.4 Å². The Bertz CT molecular complexity index is 814. The average Bonchev–Trinajstić information content (AvgIpc) is 3.09. The number of aliphatic hydroxyl groups excluding tert-OH is 1. The van der Waals surface area contributed by atoms with E-state index in [0.29, 0.717) is 12.2 Å². The van der Waals surface area contributed by atoms with E-state index in [4.69, 9.17) is 4.42 Å². The van der Waals surface area contributed by atoms with Crippen LogP contribution in [0.3, 0.4) is 0 Å². The third-order valence-electron chi connectivity index (χ3n) is 3.83. The number of hydrogen-bond acceptors (Lipinski definition) is 3. The number of carbonyl (C=O) groups excluding carboxylic acids is 1. The lowest BCUT2D eigenvalue weighted by Crippen LogP contribution is -2.37. The number of amides is 2. The molecule has 2 amide bonds. The molecular formula is C19H20N2O3. The molecule has 24 heavy (non-hydrogen) atoms. The van der Waals surface area contributed by atoms with Crippen LogP contribution in [0.5, 0.6) is 0 Å². The molecule has 0 aliphatic rings. The van der Waals surface area contributed by atoms with Crippen molar-refractivity contribution in [3.05, 3.63) is 66.6 Å². The quantitative estimate of drug-likeness (QED) is 0.662. The maximum Gasteiger partial charge on any atom is 0.319 e. The lowest BCUT2D eigenvalue weighted by Gasteiger charge is -2.17. The van der Waals surface area contributed by atoms with Crippen molar-refractivity contribution in [1.82, 2.24) is 5.32 Å². The summed E-state index contributed by atoms with van der Waals surface area (Å²) in [6.45, 7) is 1.84. The molecule has 2 aromatic carbocycles. The molecule has 5 heteroatoms. The van der Waals surface area contributed by atoms with Crippen LogP contribution in [0.1, 0.15) is 25.2 Å². The van der Waals surface area contributed by atoms with E-state index in [-0.39, 0.29) is 12.1 Å². The Labute approximate surface area is 140 Å². The van der Waals surface area contributed by atoms with Gasteiger partial charge in [-0.25, -0.2) is 4.79 Å². The van der Waals surface area contributed by atoms with Crippen molar-refractivity contribution in [3.8, 4) is 0 Å². The molecule has 2 atom stereocenters. The molecule has 5 nitrogen and oxygen atoms in total. The Morgan fingerprint density at radius 2 is 1.92 bits per heavy atom. The van der Waals surface area contributed by atoms with E-state index in [0.717, 1.165) is 16.5 Å². The van der Waals surface area contributed by atoms with Gasteiger partial charge < -0.3 is 20.2 Å². The van der Waals surface area contributed by atoms with Crippen LogP contribution in [0.2, 0.25) is 0 Å². The molecular weight excluding hydrogens is 304 g/mol. The van der Waals surface area contributed by atoms with Crippen LogP contribution < -0.4 is 10.6 Å². The van der Waals surface area contributed by atoms with E-state index < -0.39 is 6.10 Å². The number of urea groups is 1. The Morgan fingerprint density at radius 1 is 1.12 bits per heavy atom. The van der Waals surface area contributed by atoms with Crippen LogP contribution in [-0.4, -0.2) is 17.2 Å². The van der Waals surface area contributed by atoms with E-state index in [9.17, 15) is 9.90 Å². The van der Waals surface area contributed by atoms with Gasteiger partial charge in [-0.15, -0.1) is 0 Å². The lowest BCUT2D eigenvalue weighted by atomic mass is 10.1. The molecule has 3 aromatic rings. The standard InChI is InChI=1S/C19H20N2O3/c1-13(11-17(22)18-7-4-10-24-18)20-19(23)21-16-9-8-14-5-2-3-6-15(14)12-16/h2-10,12-13,17,22H,11H2,1H3,(H2,20,21,23). The van der Waals surface area contributed by atoms with Gasteiger partial charge in [0.15, 0.2) is 0 Å². The minimum atomic E-state index is -0.740. The smallest absolute Gasteiger partial charge is 0.319 e.